The first-order valence-electron chi connectivity index (χ1n) is 4.19. The van der Waals surface area contributed by atoms with Crippen molar-refractivity contribution in [1.82, 2.24) is 0 Å². The highest BCUT2D eigenvalue weighted by Crippen LogP contribution is 2.18. The Hall–Kier alpha value is -1.16. The van der Waals surface area contributed by atoms with Crippen molar-refractivity contribution in [1.29, 1.82) is 0 Å². The van der Waals surface area contributed by atoms with Crippen LogP contribution in [0.5, 0.6) is 5.75 Å². The van der Waals surface area contributed by atoms with Crippen LogP contribution in [-0.2, 0) is 0 Å². The van der Waals surface area contributed by atoms with Crippen LogP contribution in [0.3, 0.4) is 0 Å². The van der Waals surface area contributed by atoms with E-state index >= 15 is 0 Å². The van der Waals surface area contributed by atoms with E-state index in [9.17, 15) is 13.9 Å². The number of hydrogen-bond acceptors (Lipinski definition) is 2. The van der Waals surface area contributed by atoms with E-state index in [2.05, 4.69) is 0 Å². The summed E-state index contributed by atoms with van der Waals surface area (Å²) in [6, 6.07) is 3.03. The number of halogens is 2. The molecule has 78 valence electrons. The molecule has 1 rings (SSSR count). The van der Waals surface area contributed by atoms with Gasteiger partial charge in [-0.15, -0.1) is 0 Å². The SMILES string of the molecule is CC(C)(O)COc1ccc(F)cc1F. The Morgan fingerprint density at radius 3 is 2.50 bits per heavy atom. The lowest BCUT2D eigenvalue weighted by atomic mass is 10.2. The summed E-state index contributed by atoms with van der Waals surface area (Å²) in [4.78, 5) is 0. The lowest BCUT2D eigenvalue weighted by Gasteiger charge is -2.17. The molecule has 0 aliphatic rings. The van der Waals surface area contributed by atoms with Gasteiger partial charge < -0.3 is 9.84 Å². The van der Waals surface area contributed by atoms with Crippen LogP contribution in [0.2, 0.25) is 0 Å². The van der Waals surface area contributed by atoms with Crippen LogP contribution in [0.1, 0.15) is 13.8 Å². The molecule has 14 heavy (non-hydrogen) atoms. The Morgan fingerprint density at radius 1 is 1.36 bits per heavy atom. The molecular weight excluding hydrogens is 190 g/mol. The number of rotatable bonds is 3. The zero-order valence-electron chi connectivity index (χ0n) is 8.05. The summed E-state index contributed by atoms with van der Waals surface area (Å²) in [5.74, 6) is -1.49. The second-order valence-corrected chi connectivity index (χ2v) is 3.68. The minimum absolute atomic E-state index is 0.0461. The zero-order chi connectivity index (χ0) is 10.8. The van der Waals surface area contributed by atoms with Gasteiger partial charge in [0, 0.05) is 6.07 Å². The molecule has 0 spiro atoms. The third-order valence-electron chi connectivity index (χ3n) is 1.47. The molecule has 1 N–H and O–H groups in total. The van der Waals surface area contributed by atoms with E-state index in [1.807, 2.05) is 0 Å². The molecule has 0 unspecified atom stereocenters. The van der Waals surface area contributed by atoms with Gasteiger partial charge >= 0.3 is 0 Å². The van der Waals surface area contributed by atoms with Gasteiger partial charge in [-0.1, -0.05) is 0 Å². The van der Waals surface area contributed by atoms with Crippen LogP contribution in [0, 0.1) is 11.6 Å². The first-order valence-corrected chi connectivity index (χ1v) is 4.19. The van der Waals surface area contributed by atoms with Crippen LogP contribution in [0.15, 0.2) is 18.2 Å². The molecule has 0 radical (unpaired) electrons. The molecule has 0 bridgehead atoms. The smallest absolute Gasteiger partial charge is 0.167 e. The molecule has 0 heterocycles. The fraction of sp³-hybridized carbons (Fsp3) is 0.400. The van der Waals surface area contributed by atoms with Crippen molar-refractivity contribution >= 4 is 0 Å². The zero-order valence-corrected chi connectivity index (χ0v) is 8.05. The normalized spacial score (nSPS) is 11.5. The van der Waals surface area contributed by atoms with E-state index in [0.29, 0.717) is 0 Å². The quantitative estimate of drug-likeness (QED) is 0.813. The van der Waals surface area contributed by atoms with Crippen molar-refractivity contribution in [3.63, 3.8) is 0 Å². The molecule has 0 aliphatic carbocycles. The van der Waals surface area contributed by atoms with Gasteiger partial charge in [-0.3, -0.25) is 0 Å². The van der Waals surface area contributed by atoms with E-state index in [1.165, 1.54) is 19.9 Å². The Morgan fingerprint density at radius 2 is 2.00 bits per heavy atom. The monoisotopic (exact) mass is 202 g/mol. The Bertz CT molecular complexity index is 318. The number of benzene rings is 1. The van der Waals surface area contributed by atoms with Gasteiger partial charge in [0.2, 0.25) is 0 Å². The lowest BCUT2D eigenvalue weighted by molar-refractivity contribution is 0.0271. The van der Waals surface area contributed by atoms with Crippen molar-refractivity contribution in [2.24, 2.45) is 0 Å². The van der Waals surface area contributed by atoms with Crippen LogP contribution >= 0.6 is 0 Å². The largest absolute Gasteiger partial charge is 0.488 e. The van der Waals surface area contributed by atoms with Crippen molar-refractivity contribution in [2.45, 2.75) is 19.4 Å². The topological polar surface area (TPSA) is 29.5 Å². The van der Waals surface area contributed by atoms with Crippen LogP contribution in [0.4, 0.5) is 8.78 Å². The predicted molar refractivity (Wildman–Crippen MR) is 48.2 cm³/mol. The molecule has 2 nitrogen and oxygen atoms in total. The molecule has 1 aromatic rings. The Balaban J connectivity index is 2.68. The molecule has 0 saturated carbocycles. The molecule has 4 heteroatoms. The first kappa shape index (κ1) is 10.9. The summed E-state index contributed by atoms with van der Waals surface area (Å²) in [6.07, 6.45) is 0. The molecular formula is C10H12F2O2. The van der Waals surface area contributed by atoms with Crippen LogP contribution in [-0.4, -0.2) is 17.3 Å². The minimum Gasteiger partial charge on any atom is -0.488 e. The molecule has 0 amide bonds. The number of hydrogen-bond donors (Lipinski definition) is 1. The van der Waals surface area contributed by atoms with E-state index in [-0.39, 0.29) is 12.4 Å². The molecule has 1 aromatic carbocycles. The van der Waals surface area contributed by atoms with E-state index in [4.69, 9.17) is 4.74 Å². The molecule has 0 saturated heterocycles. The first-order chi connectivity index (χ1) is 6.38. The summed E-state index contributed by atoms with van der Waals surface area (Å²) >= 11 is 0. The van der Waals surface area contributed by atoms with E-state index < -0.39 is 17.2 Å². The highest BCUT2D eigenvalue weighted by atomic mass is 19.1. The minimum atomic E-state index is -1.04. The van der Waals surface area contributed by atoms with Gasteiger partial charge in [0.05, 0.1) is 5.60 Å². The Labute approximate surface area is 81.1 Å². The van der Waals surface area contributed by atoms with Crippen molar-refractivity contribution < 1.29 is 18.6 Å². The van der Waals surface area contributed by atoms with E-state index in [0.717, 1.165) is 12.1 Å². The maximum absolute atomic E-state index is 13.0. The second-order valence-electron chi connectivity index (χ2n) is 3.68. The maximum Gasteiger partial charge on any atom is 0.167 e. The number of ether oxygens (including phenoxy) is 1. The third kappa shape index (κ3) is 3.30. The summed E-state index contributed by atoms with van der Waals surface area (Å²) in [5, 5.41) is 9.30. The maximum atomic E-state index is 13.0. The van der Waals surface area contributed by atoms with Crippen LogP contribution < -0.4 is 4.74 Å². The fourth-order valence-electron chi connectivity index (χ4n) is 0.847. The van der Waals surface area contributed by atoms with Gasteiger partial charge in [-0.2, -0.15) is 0 Å². The average Bonchev–Trinajstić information content (AvgIpc) is 2.00. The van der Waals surface area contributed by atoms with Gasteiger partial charge in [0.1, 0.15) is 12.4 Å². The predicted octanol–water partition coefficient (Wildman–Crippen LogP) is 2.11. The average molecular weight is 202 g/mol. The standard InChI is InChI=1S/C10H12F2O2/c1-10(2,13)6-14-9-4-3-7(11)5-8(9)12/h3-5,13H,6H2,1-2H3. The van der Waals surface area contributed by atoms with Gasteiger partial charge in [0.15, 0.2) is 11.6 Å². The summed E-state index contributed by atoms with van der Waals surface area (Å²) in [7, 11) is 0. The van der Waals surface area contributed by atoms with Crippen molar-refractivity contribution in [3.05, 3.63) is 29.8 Å². The van der Waals surface area contributed by atoms with Gasteiger partial charge in [0.25, 0.3) is 0 Å². The summed E-state index contributed by atoms with van der Waals surface area (Å²) in [6.45, 7) is 3.03. The highest BCUT2D eigenvalue weighted by molar-refractivity contribution is 5.24. The van der Waals surface area contributed by atoms with Gasteiger partial charge in [-0.25, -0.2) is 8.78 Å². The second kappa shape index (κ2) is 3.92. The molecule has 0 aromatic heterocycles. The summed E-state index contributed by atoms with van der Waals surface area (Å²) in [5.41, 5.74) is -1.04. The summed E-state index contributed by atoms with van der Waals surface area (Å²) < 4.78 is 30.4. The third-order valence-corrected chi connectivity index (χ3v) is 1.47. The molecule has 0 aliphatic heterocycles. The van der Waals surface area contributed by atoms with Crippen molar-refractivity contribution in [2.75, 3.05) is 6.61 Å². The fourth-order valence-corrected chi connectivity index (χ4v) is 0.847. The van der Waals surface area contributed by atoms with Crippen molar-refractivity contribution in [3.8, 4) is 5.75 Å². The van der Waals surface area contributed by atoms with Gasteiger partial charge in [-0.05, 0) is 26.0 Å². The van der Waals surface area contributed by atoms with E-state index in [1.54, 1.807) is 0 Å². The lowest BCUT2D eigenvalue weighted by Crippen LogP contribution is -2.28. The highest BCUT2D eigenvalue weighted by Gasteiger charge is 2.14. The molecule has 0 atom stereocenters. The number of aliphatic hydroxyl groups is 1. The molecule has 0 fully saturated rings. The van der Waals surface area contributed by atoms with Crippen LogP contribution in [0.25, 0.3) is 0 Å². The Kier molecular flexibility index (Phi) is 3.06.